The van der Waals surface area contributed by atoms with Gasteiger partial charge in [0.2, 0.25) is 0 Å². The van der Waals surface area contributed by atoms with Crippen LogP contribution in [0, 0.1) is 0 Å². The predicted molar refractivity (Wildman–Crippen MR) is 38.7 cm³/mol. The molecule has 0 bridgehead atoms. The van der Waals surface area contributed by atoms with E-state index in [9.17, 15) is 4.79 Å². The molecule has 0 amide bonds. The van der Waals surface area contributed by atoms with E-state index >= 15 is 0 Å². The van der Waals surface area contributed by atoms with Crippen molar-refractivity contribution < 1.29 is 9.90 Å². The van der Waals surface area contributed by atoms with E-state index in [1.807, 2.05) is 0 Å². The normalized spacial score (nSPS) is 16.8. The number of aliphatic carboxylic acids is 1. The van der Waals surface area contributed by atoms with Gasteiger partial charge >= 0.3 is 5.97 Å². The molecule has 0 spiro atoms. The molecule has 9 heavy (non-hydrogen) atoms. The molecule has 4 heteroatoms. The van der Waals surface area contributed by atoms with Gasteiger partial charge in [-0.1, -0.05) is 0 Å². The summed E-state index contributed by atoms with van der Waals surface area (Å²) in [5.74, 6) is -0.863. The molecule has 3 nitrogen and oxygen atoms in total. The van der Waals surface area contributed by atoms with E-state index in [0.29, 0.717) is 0 Å². The van der Waals surface area contributed by atoms with Gasteiger partial charge in [-0.15, -0.1) is 0 Å². The minimum Gasteiger partial charge on any atom is -0.481 e. The molecule has 0 saturated heterocycles. The Morgan fingerprint density at radius 2 is 2.33 bits per heavy atom. The highest BCUT2D eigenvalue weighted by molar-refractivity contribution is 7.81. The third kappa shape index (κ3) is 4.29. The van der Waals surface area contributed by atoms with Gasteiger partial charge in [0.1, 0.15) is 0 Å². The summed E-state index contributed by atoms with van der Waals surface area (Å²) >= 11 is 4.02. The van der Waals surface area contributed by atoms with E-state index < -0.39 is 10.7 Å². The average molecular weight is 149 g/mol. The van der Waals surface area contributed by atoms with Crippen LogP contribution < -0.4 is 5.73 Å². The minimum atomic E-state index is -0.863. The summed E-state index contributed by atoms with van der Waals surface area (Å²) < 4.78 is -0.564. The van der Waals surface area contributed by atoms with Gasteiger partial charge in [-0.05, 0) is 6.92 Å². The number of carboxylic acids is 1. The Balaban J connectivity index is 3.71. The number of carbonyl (C=O) groups is 1. The zero-order valence-corrected chi connectivity index (χ0v) is 6.19. The third-order valence-electron chi connectivity index (χ3n) is 0.972. The van der Waals surface area contributed by atoms with Crippen LogP contribution >= 0.6 is 12.6 Å². The fourth-order valence-corrected chi connectivity index (χ4v) is 0.533. The van der Waals surface area contributed by atoms with Gasteiger partial charge in [0.15, 0.2) is 0 Å². The Bertz CT molecular complexity index is 114. The van der Waals surface area contributed by atoms with Gasteiger partial charge in [-0.25, -0.2) is 0 Å². The van der Waals surface area contributed by atoms with Crippen LogP contribution in [0.5, 0.6) is 0 Å². The topological polar surface area (TPSA) is 63.3 Å². The summed E-state index contributed by atoms with van der Waals surface area (Å²) in [6.07, 6.45) is 0.00656. The molecule has 54 valence electrons. The maximum absolute atomic E-state index is 10.1. The van der Waals surface area contributed by atoms with E-state index in [1.165, 1.54) is 0 Å². The van der Waals surface area contributed by atoms with Crippen LogP contribution in [0.2, 0.25) is 0 Å². The molecule has 0 radical (unpaired) electrons. The second kappa shape index (κ2) is 3.08. The summed E-state index contributed by atoms with van der Waals surface area (Å²) in [5, 5.41) is 8.28. The van der Waals surface area contributed by atoms with Crippen molar-refractivity contribution in [1.82, 2.24) is 0 Å². The van der Waals surface area contributed by atoms with Crippen LogP contribution in [-0.4, -0.2) is 22.4 Å². The molecule has 0 aromatic heterocycles. The van der Waals surface area contributed by atoms with Crippen LogP contribution in [0.3, 0.4) is 0 Å². The van der Waals surface area contributed by atoms with Crippen molar-refractivity contribution in [1.29, 1.82) is 0 Å². The van der Waals surface area contributed by atoms with E-state index in [2.05, 4.69) is 12.6 Å². The van der Waals surface area contributed by atoms with Crippen molar-refractivity contribution in [3.05, 3.63) is 0 Å². The van der Waals surface area contributed by atoms with Gasteiger partial charge in [0, 0.05) is 11.3 Å². The van der Waals surface area contributed by atoms with Gasteiger partial charge in [-0.3, -0.25) is 4.79 Å². The van der Waals surface area contributed by atoms with Gasteiger partial charge in [-0.2, -0.15) is 12.6 Å². The molecule has 0 aliphatic heterocycles. The molecule has 0 aromatic carbocycles. The van der Waals surface area contributed by atoms with Crippen molar-refractivity contribution in [3.8, 4) is 0 Å². The van der Waals surface area contributed by atoms with Gasteiger partial charge in [0.25, 0.3) is 0 Å². The van der Waals surface area contributed by atoms with Gasteiger partial charge < -0.3 is 10.8 Å². The highest BCUT2D eigenvalue weighted by Crippen LogP contribution is 2.15. The number of nitrogens with two attached hydrogens (primary N) is 1. The van der Waals surface area contributed by atoms with Crippen LogP contribution in [0.15, 0.2) is 0 Å². The highest BCUT2D eigenvalue weighted by Gasteiger charge is 2.20. The smallest absolute Gasteiger partial charge is 0.304 e. The van der Waals surface area contributed by atoms with E-state index in [0.717, 1.165) is 0 Å². The van der Waals surface area contributed by atoms with E-state index in [1.54, 1.807) is 6.92 Å². The average Bonchev–Trinajstić information content (AvgIpc) is 1.63. The SMILES string of the molecule is CC(S)(CN)CC(=O)O. The van der Waals surface area contributed by atoms with Crippen molar-refractivity contribution in [3.63, 3.8) is 0 Å². The highest BCUT2D eigenvalue weighted by atomic mass is 32.1. The molecule has 1 unspecified atom stereocenters. The molecule has 0 aromatic rings. The Morgan fingerprint density at radius 3 is 2.44 bits per heavy atom. The molecular formula is C5H11NO2S. The van der Waals surface area contributed by atoms with Crippen molar-refractivity contribution in [2.75, 3.05) is 6.54 Å². The lowest BCUT2D eigenvalue weighted by atomic mass is 10.1. The molecular weight excluding hydrogens is 138 g/mol. The van der Waals surface area contributed by atoms with Crippen LogP contribution in [-0.2, 0) is 4.79 Å². The van der Waals surface area contributed by atoms with Gasteiger partial charge in [0.05, 0.1) is 6.42 Å². The first kappa shape index (κ1) is 8.78. The second-order valence-electron chi connectivity index (χ2n) is 2.27. The predicted octanol–water partition coefficient (Wildman–Crippen LogP) is 0.108. The zero-order valence-electron chi connectivity index (χ0n) is 5.29. The first-order valence-electron chi connectivity index (χ1n) is 2.62. The molecule has 1 atom stereocenters. The molecule has 0 aliphatic rings. The molecule has 0 rings (SSSR count). The lowest BCUT2D eigenvalue weighted by Crippen LogP contribution is -2.30. The molecule has 0 saturated carbocycles. The Hall–Kier alpha value is -0.220. The number of hydrogen-bond donors (Lipinski definition) is 3. The quantitative estimate of drug-likeness (QED) is 0.499. The summed E-state index contributed by atoms with van der Waals surface area (Å²) in [5.41, 5.74) is 5.21. The fraction of sp³-hybridized carbons (Fsp3) is 0.800. The summed E-state index contributed by atoms with van der Waals surface area (Å²) in [6.45, 7) is 1.98. The third-order valence-corrected chi connectivity index (χ3v) is 1.31. The Labute approximate surface area is 59.6 Å². The monoisotopic (exact) mass is 149 g/mol. The maximum Gasteiger partial charge on any atom is 0.304 e. The lowest BCUT2D eigenvalue weighted by Gasteiger charge is -2.17. The molecule has 0 heterocycles. The number of hydrogen-bond acceptors (Lipinski definition) is 3. The first-order chi connectivity index (χ1) is 3.98. The van der Waals surface area contributed by atoms with E-state index in [4.69, 9.17) is 10.8 Å². The number of thiol groups is 1. The molecule has 0 fully saturated rings. The first-order valence-corrected chi connectivity index (χ1v) is 3.07. The van der Waals surface area contributed by atoms with Crippen molar-refractivity contribution >= 4 is 18.6 Å². The maximum atomic E-state index is 10.1. The fourth-order valence-electron chi connectivity index (χ4n) is 0.398. The summed E-state index contributed by atoms with van der Waals surface area (Å²) in [7, 11) is 0. The Kier molecular flexibility index (Phi) is 3.00. The second-order valence-corrected chi connectivity index (χ2v) is 3.35. The lowest BCUT2D eigenvalue weighted by molar-refractivity contribution is -0.137. The number of carboxylic acid groups (broad SMARTS) is 1. The van der Waals surface area contributed by atoms with E-state index in [-0.39, 0.29) is 13.0 Å². The van der Waals surface area contributed by atoms with Crippen molar-refractivity contribution in [2.45, 2.75) is 18.1 Å². The zero-order chi connectivity index (χ0) is 7.49. The molecule has 3 N–H and O–H groups in total. The minimum absolute atomic E-state index is 0.00656. The van der Waals surface area contributed by atoms with Crippen LogP contribution in [0.1, 0.15) is 13.3 Å². The Morgan fingerprint density at radius 1 is 1.89 bits per heavy atom. The standard InChI is InChI=1S/C5H11NO2S/c1-5(9,3-6)2-4(7)8/h9H,2-3,6H2,1H3,(H,7,8). The van der Waals surface area contributed by atoms with Crippen LogP contribution in [0.4, 0.5) is 0 Å². The van der Waals surface area contributed by atoms with Crippen molar-refractivity contribution in [2.24, 2.45) is 5.73 Å². The largest absolute Gasteiger partial charge is 0.481 e. The summed E-state index contributed by atoms with van der Waals surface area (Å²) in [6, 6.07) is 0. The number of rotatable bonds is 3. The van der Waals surface area contributed by atoms with Crippen LogP contribution in [0.25, 0.3) is 0 Å². The molecule has 0 aliphatic carbocycles. The summed E-state index contributed by atoms with van der Waals surface area (Å²) in [4.78, 5) is 10.1.